The van der Waals surface area contributed by atoms with Crippen LogP contribution in [0.25, 0.3) is 0 Å². The molecule has 0 bridgehead atoms. The third kappa shape index (κ3) is 3.33. The fourth-order valence-electron chi connectivity index (χ4n) is 2.61. The van der Waals surface area contributed by atoms with Gasteiger partial charge in [-0.1, -0.05) is 44.7 Å². The molecule has 0 aliphatic heterocycles. The minimum Gasteiger partial charge on any atom is -0.628 e. The van der Waals surface area contributed by atoms with Crippen molar-refractivity contribution in [1.29, 1.82) is 0 Å². The SMILES string of the molecule is CC[B-](CC)(OC(=O)c1ccccc1)[n+]1ccc(C)cc1. The number of hydrogen-bond acceptors (Lipinski definition) is 2. The first-order valence-corrected chi connectivity index (χ1v) is 7.55. The Morgan fingerprint density at radius 2 is 1.62 bits per heavy atom. The molecular weight excluding hydrogens is 261 g/mol. The van der Waals surface area contributed by atoms with Crippen molar-refractivity contribution in [3.63, 3.8) is 0 Å². The summed E-state index contributed by atoms with van der Waals surface area (Å²) < 4.78 is 7.98. The highest BCUT2D eigenvalue weighted by Gasteiger charge is 2.38. The maximum absolute atomic E-state index is 12.4. The molecular formula is C17H22BNO2. The standard InChI is InChI=1S/C17H22BNO2/c1-4-18(5-2,19-13-11-15(3)12-14-19)21-17(20)16-9-7-6-8-10-16/h6-14H,4-5H2,1-3H3. The van der Waals surface area contributed by atoms with E-state index < -0.39 is 6.48 Å². The molecule has 2 rings (SSSR count). The normalized spacial score (nSPS) is 11.2. The van der Waals surface area contributed by atoms with E-state index in [1.807, 2.05) is 54.1 Å². The molecule has 110 valence electrons. The lowest BCUT2D eigenvalue weighted by molar-refractivity contribution is -0.560. The number of nitrogens with zero attached hydrogens (tertiary/aromatic N) is 1. The van der Waals surface area contributed by atoms with Gasteiger partial charge in [0.2, 0.25) is 0 Å². The van der Waals surface area contributed by atoms with Crippen LogP contribution >= 0.6 is 0 Å². The van der Waals surface area contributed by atoms with E-state index in [2.05, 4.69) is 13.8 Å². The zero-order valence-corrected chi connectivity index (χ0v) is 13.0. The van der Waals surface area contributed by atoms with E-state index in [0.717, 1.165) is 12.6 Å². The summed E-state index contributed by atoms with van der Waals surface area (Å²) in [4.78, 5) is 12.4. The average molecular weight is 283 g/mol. The molecule has 0 atom stereocenters. The number of carbonyl (C=O) groups is 1. The Morgan fingerprint density at radius 1 is 1.05 bits per heavy atom. The Kier molecular flexibility index (Phi) is 4.79. The van der Waals surface area contributed by atoms with Crippen molar-refractivity contribution in [2.24, 2.45) is 0 Å². The topological polar surface area (TPSA) is 30.2 Å². The first kappa shape index (κ1) is 15.3. The summed E-state index contributed by atoms with van der Waals surface area (Å²) in [6, 6.07) is 13.2. The molecule has 0 aliphatic rings. The lowest BCUT2D eigenvalue weighted by Gasteiger charge is -2.32. The molecule has 2 aromatic rings. The molecule has 1 aromatic carbocycles. The minimum absolute atomic E-state index is 0.257. The van der Waals surface area contributed by atoms with E-state index in [0.29, 0.717) is 5.56 Å². The molecule has 0 saturated heterocycles. The molecule has 1 aromatic heterocycles. The van der Waals surface area contributed by atoms with Crippen molar-refractivity contribution < 1.29 is 13.9 Å². The lowest BCUT2D eigenvalue weighted by Crippen LogP contribution is -2.66. The maximum Gasteiger partial charge on any atom is 0.456 e. The van der Waals surface area contributed by atoms with Crippen molar-refractivity contribution in [3.8, 4) is 0 Å². The highest BCUT2D eigenvalue weighted by atomic mass is 16.5. The van der Waals surface area contributed by atoms with Crippen molar-refractivity contribution in [1.82, 2.24) is 0 Å². The first-order chi connectivity index (χ1) is 10.1. The number of pyridine rings is 1. The molecule has 0 amide bonds. The summed E-state index contributed by atoms with van der Waals surface area (Å²) >= 11 is 0. The van der Waals surface area contributed by atoms with Crippen LogP contribution in [0.2, 0.25) is 12.6 Å². The van der Waals surface area contributed by atoms with Gasteiger partial charge in [0, 0.05) is 0 Å². The fraction of sp³-hybridized carbons (Fsp3) is 0.294. The van der Waals surface area contributed by atoms with Gasteiger partial charge < -0.3 is 9.13 Å². The molecule has 21 heavy (non-hydrogen) atoms. The monoisotopic (exact) mass is 283 g/mol. The number of rotatable bonds is 5. The number of benzene rings is 1. The van der Waals surface area contributed by atoms with Crippen LogP contribution in [0.3, 0.4) is 0 Å². The molecule has 1 heterocycles. The van der Waals surface area contributed by atoms with E-state index >= 15 is 0 Å². The number of carbonyl (C=O) groups excluding carboxylic acids is 1. The summed E-state index contributed by atoms with van der Waals surface area (Å²) in [5.41, 5.74) is 1.79. The predicted molar refractivity (Wildman–Crippen MR) is 85.3 cm³/mol. The Hall–Kier alpha value is -2.10. The van der Waals surface area contributed by atoms with Crippen LogP contribution in [0.15, 0.2) is 54.9 Å². The van der Waals surface area contributed by atoms with Gasteiger partial charge >= 0.3 is 6.48 Å². The molecule has 0 fully saturated rings. The molecule has 0 unspecified atom stereocenters. The van der Waals surface area contributed by atoms with Gasteiger partial charge in [-0.25, -0.2) is 0 Å². The van der Waals surface area contributed by atoms with Crippen LogP contribution < -0.4 is 4.48 Å². The zero-order valence-electron chi connectivity index (χ0n) is 13.0. The van der Waals surface area contributed by atoms with Gasteiger partial charge in [0.1, 0.15) is 12.4 Å². The number of aryl methyl sites for hydroxylation is 1. The molecule has 0 N–H and O–H groups in total. The highest BCUT2D eigenvalue weighted by molar-refractivity contribution is 6.66. The van der Waals surface area contributed by atoms with Crippen LogP contribution in [0.4, 0.5) is 0 Å². The van der Waals surface area contributed by atoms with Crippen molar-refractivity contribution in [2.75, 3.05) is 0 Å². The Labute approximate surface area is 126 Å². The molecule has 0 saturated carbocycles. The molecule has 3 nitrogen and oxygen atoms in total. The first-order valence-electron chi connectivity index (χ1n) is 7.55. The van der Waals surface area contributed by atoms with Crippen molar-refractivity contribution in [3.05, 3.63) is 66.0 Å². The van der Waals surface area contributed by atoms with Crippen LogP contribution in [-0.4, -0.2) is 12.5 Å². The smallest absolute Gasteiger partial charge is 0.456 e. The zero-order chi connectivity index (χ0) is 15.3. The molecule has 0 radical (unpaired) electrons. The molecule has 0 aliphatic carbocycles. The van der Waals surface area contributed by atoms with Gasteiger partial charge in [0.05, 0.1) is 5.56 Å². The second-order valence-electron chi connectivity index (χ2n) is 5.50. The summed E-state index contributed by atoms with van der Waals surface area (Å²) in [5.74, 6) is -0.257. The Bertz CT molecular complexity index is 592. The van der Waals surface area contributed by atoms with Gasteiger partial charge in [-0.2, -0.15) is 0 Å². The average Bonchev–Trinajstić information content (AvgIpc) is 2.54. The number of aromatic nitrogens is 1. The summed E-state index contributed by atoms with van der Waals surface area (Å²) in [7, 11) is 0. The van der Waals surface area contributed by atoms with Gasteiger partial charge in [-0.3, -0.25) is 4.79 Å². The van der Waals surface area contributed by atoms with E-state index in [4.69, 9.17) is 4.65 Å². The quantitative estimate of drug-likeness (QED) is 0.786. The minimum atomic E-state index is -1.40. The fourth-order valence-corrected chi connectivity index (χ4v) is 2.61. The van der Waals surface area contributed by atoms with E-state index in [1.54, 1.807) is 12.1 Å². The molecule has 4 heteroatoms. The van der Waals surface area contributed by atoms with Gasteiger partial charge in [-0.05, 0) is 36.8 Å². The van der Waals surface area contributed by atoms with Crippen LogP contribution in [0, 0.1) is 6.92 Å². The third-order valence-electron chi connectivity index (χ3n) is 4.17. The van der Waals surface area contributed by atoms with Crippen molar-refractivity contribution in [2.45, 2.75) is 33.4 Å². The van der Waals surface area contributed by atoms with E-state index in [-0.39, 0.29) is 5.97 Å². The second kappa shape index (κ2) is 6.57. The van der Waals surface area contributed by atoms with E-state index in [1.165, 1.54) is 5.56 Å². The predicted octanol–water partition coefficient (Wildman–Crippen LogP) is 3.47. The van der Waals surface area contributed by atoms with Crippen LogP contribution in [-0.2, 0) is 4.65 Å². The third-order valence-corrected chi connectivity index (χ3v) is 4.17. The molecule has 0 spiro atoms. The van der Waals surface area contributed by atoms with Gasteiger partial charge in [0.25, 0.3) is 5.97 Å². The van der Waals surface area contributed by atoms with Crippen LogP contribution in [0.5, 0.6) is 0 Å². The summed E-state index contributed by atoms with van der Waals surface area (Å²) in [6.07, 6.45) is 5.56. The Balaban J connectivity index is 2.30. The Morgan fingerprint density at radius 3 is 2.14 bits per heavy atom. The van der Waals surface area contributed by atoms with E-state index in [9.17, 15) is 4.79 Å². The summed E-state index contributed by atoms with van der Waals surface area (Å²) in [5, 5.41) is 0. The second-order valence-corrected chi connectivity index (χ2v) is 5.50. The lowest BCUT2D eigenvalue weighted by atomic mass is 9.46. The van der Waals surface area contributed by atoms with Crippen LogP contribution in [0.1, 0.15) is 29.8 Å². The summed E-state index contributed by atoms with van der Waals surface area (Å²) in [6.45, 7) is 4.78. The van der Waals surface area contributed by atoms with Gasteiger partial charge in [-0.15, -0.1) is 0 Å². The van der Waals surface area contributed by atoms with Gasteiger partial charge in [0.15, 0.2) is 0 Å². The van der Waals surface area contributed by atoms with Crippen molar-refractivity contribution >= 4 is 12.5 Å². The maximum atomic E-state index is 12.4. The highest BCUT2D eigenvalue weighted by Crippen LogP contribution is 2.16. The largest absolute Gasteiger partial charge is 0.628 e. The number of hydrogen-bond donors (Lipinski definition) is 0.